The van der Waals surface area contributed by atoms with E-state index >= 15 is 0 Å². The molecule has 0 fully saturated rings. The molecule has 2 rings (SSSR count). The lowest BCUT2D eigenvalue weighted by Crippen LogP contribution is -2.04. The second-order valence-electron chi connectivity index (χ2n) is 4.41. The van der Waals surface area contributed by atoms with Gasteiger partial charge >= 0.3 is 0 Å². The Labute approximate surface area is 108 Å². The van der Waals surface area contributed by atoms with Crippen molar-refractivity contribution in [2.45, 2.75) is 26.2 Å². The summed E-state index contributed by atoms with van der Waals surface area (Å²) in [5.41, 5.74) is 2.99. The molecule has 0 saturated carbocycles. The minimum absolute atomic E-state index is 0.154. The Bertz CT molecular complexity index is 520. The summed E-state index contributed by atoms with van der Waals surface area (Å²) in [7, 11) is 0. The van der Waals surface area contributed by atoms with Crippen LogP contribution in [-0.4, -0.2) is 10.8 Å². The van der Waals surface area contributed by atoms with Gasteiger partial charge in [-0.1, -0.05) is 37.6 Å². The zero-order chi connectivity index (χ0) is 12.8. The average Bonchev–Trinajstić information content (AvgIpc) is 2.40. The topological polar surface area (TPSA) is 30.0 Å². The first-order valence-corrected chi connectivity index (χ1v) is 6.30. The highest BCUT2D eigenvalue weighted by Crippen LogP contribution is 2.11. The molecule has 2 heteroatoms. The van der Waals surface area contributed by atoms with Crippen molar-refractivity contribution in [2.75, 3.05) is 0 Å². The number of pyridine rings is 1. The number of nitrogens with zero attached hydrogens (tertiary/aromatic N) is 1. The number of aryl methyl sites for hydroxylation is 1. The first kappa shape index (κ1) is 12.5. The first-order chi connectivity index (χ1) is 8.79. The minimum atomic E-state index is 0.154. The molecule has 1 heterocycles. The Balaban J connectivity index is 2.11. The highest BCUT2D eigenvalue weighted by Gasteiger charge is 2.07. The molecule has 0 saturated heterocycles. The number of aromatic nitrogens is 1. The van der Waals surface area contributed by atoms with Crippen molar-refractivity contribution >= 4 is 5.78 Å². The average molecular weight is 239 g/mol. The van der Waals surface area contributed by atoms with Crippen LogP contribution in [0.1, 0.15) is 34.8 Å². The van der Waals surface area contributed by atoms with Crippen LogP contribution >= 0.6 is 0 Å². The molecule has 0 atom stereocenters. The SMILES string of the molecule is CCCc1cccc(C(=O)Cc2cccnc2)c1. The third-order valence-electron chi connectivity index (χ3n) is 2.88. The van der Waals surface area contributed by atoms with Crippen LogP contribution in [0.4, 0.5) is 0 Å². The summed E-state index contributed by atoms with van der Waals surface area (Å²) in [5, 5.41) is 0. The van der Waals surface area contributed by atoms with Gasteiger partial charge in [0.1, 0.15) is 0 Å². The lowest BCUT2D eigenvalue weighted by atomic mass is 10.0. The maximum Gasteiger partial charge on any atom is 0.167 e. The molecule has 1 aromatic carbocycles. The van der Waals surface area contributed by atoms with E-state index in [2.05, 4.69) is 18.0 Å². The molecule has 0 radical (unpaired) electrons. The van der Waals surface area contributed by atoms with Crippen LogP contribution in [0, 0.1) is 0 Å². The highest BCUT2D eigenvalue weighted by molar-refractivity contribution is 5.97. The molecular formula is C16H17NO. The number of benzene rings is 1. The summed E-state index contributed by atoms with van der Waals surface area (Å²) in [6, 6.07) is 11.7. The Morgan fingerprint density at radius 1 is 1.17 bits per heavy atom. The van der Waals surface area contributed by atoms with E-state index in [0.29, 0.717) is 6.42 Å². The number of carbonyl (C=O) groups excluding carboxylic acids is 1. The fourth-order valence-electron chi connectivity index (χ4n) is 1.98. The molecule has 0 amide bonds. The number of rotatable bonds is 5. The second kappa shape index (κ2) is 6.10. The van der Waals surface area contributed by atoms with Gasteiger partial charge in [0.15, 0.2) is 5.78 Å². The number of ketones is 1. The fraction of sp³-hybridized carbons (Fsp3) is 0.250. The summed E-state index contributed by atoms with van der Waals surface area (Å²) in [5.74, 6) is 0.154. The van der Waals surface area contributed by atoms with E-state index in [1.165, 1.54) is 5.56 Å². The van der Waals surface area contributed by atoms with E-state index in [4.69, 9.17) is 0 Å². The summed E-state index contributed by atoms with van der Waals surface area (Å²) in [6.07, 6.45) is 6.00. The van der Waals surface area contributed by atoms with Crippen molar-refractivity contribution in [1.29, 1.82) is 0 Å². The molecule has 1 aromatic heterocycles. The molecule has 18 heavy (non-hydrogen) atoms. The number of carbonyl (C=O) groups is 1. The van der Waals surface area contributed by atoms with Crippen molar-refractivity contribution < 1.29 is 4.79 Å². The molecular weight excluding hydrogens is 222 g/mol. The predicted molar refractivity (Wildman–Crippen MR) is 72.7 cm³/mol. The normalized spacial score (nSPS) is 10.3. The Morgan fingerprint density at radius 2 is 2.00 bits per heavy atom. The van der Waals surface area contributed by atoms with E-state index in [-0.39, 0.29) is 5.78 Å². The van der Waals surface area contributed by atoms with Crippen LogP contribution in [-0.2, 0) is 12.8 Å². The van der Waals surface area contributed by atoms with Crippen molar-refractivity contribution in [3.63, 3.8) is 0 Å². The summed E-state index contributed by atoms with van der Waals surface area (Å²) < 4.78 is 0. The van der Waals surface area contributed by atoms with Crippen LogP contribution in [0.3, 0.4) is 0 Å². The van der Waals surface area contributed by atoms with Crippen LogP contribution in [0.5, 0.6) is 0 Å². The highest BCUT2D eigenvalue weighted by atomic mass is 16.1. The maximum atomic E-state index is 12.1. The van der Waals surface area contributed by atoms with Crippen molar-refractivity contribution in [1.82, 2.24) is 4.98 Å². The van der Waals surface area contributed by atoms with Crippen molar-refractivity contribution in [3.05, 3.63) is 65.5 Å². The van der Waals surface area contributed by atoms with Gasteiger partial charge in [0, 0.05) is 24.4 Å². The maximum absolute atomic E-state index is 12.1. The first-order valence-electron chi connectivity index (χ1n) is 6.30. The molecule has 0 spiro atoms. The van der Waals surface area contributed by atoms with Gasteiger partial charge in [-0.2, -0.15) is 0 Å². The number of hydrogen-bond acceptors (Lipinski definition) is 2. The lowest BCUT2D eigenvalue weighted by molar-refractivity contribution is 0.0993. The van der Waals surface area contributed by atoms with E-state index < -0.39 is 0 Å². The van der Waals surface area contributed by atoms with Crippen molar-refractivity contribution in [2.24, 2.45) is 0 Å². The van der Waals surface area contributed by atoms with Crippen LogP contribution in [0.15, 0.2) is 48.8 Å². The summed E-state index contributed by atoms with van der Waals surface area (Å²) in [4.78, 5) is 16.2. The molecule has 0 N–H and O–H groups in total. The number of Topliss-reactive ketones (excluding diaryl/α,β-unsaturated/α-hetero) is 1. The quantitative estimate of drug-likeness (QED) is 0.748. The third kappa shape index (κ3) is 3.27. The smallest absolute Gasteiger partial charge is 0.167 e. The summed E-state index contributed by atoms with van der Waals surface area (Å²) >= 11 is 0. The molecule has 92 valence electrons. The van der Waals surface area contributed by atoms with E-state index in [0.717, 1.165) is 24.0 Å². The van der Waals surface area contributed by atoms with Gasteiger partial charge in [-0.25, -0.2) is 0 Å². The third-order valence-corrected chi connectivity index (χ3v) is 2.88. The Hall–Kier alpha value is -1.96. The monoisotopic (exact) mass is 239 g/mol. The van der Waals surface area contributed by atoms with Gasteiger partial charge in [-0.15, -0.1) is 0 Å². The largest absolute Gasteiger partial charge is 0.294 e. The van der Waals surface area contributed by atoms with Crippen LogP contribution < -0.4 is 0 Å². The van der Waals surface area contributed by atoms with Gasteiger partial charge in [0.25, 0.3) is 0 Å². The molecule has 0 aliphatic heterocycles. The zero-order valence-corrected chi connectivity index (χ0v) is 10.6. The predicted octanol–water partition coefficient (Wildman–Crippen LogP) is 3.46. The van der Waals surface area contributed by atoms with E-state index in [9.17, 15) is 4.79 Å². The molecule has 2 nitrogen and oxygen atoms in total. The van der Waals surface area contributed by atoms with Crippen LogP contribution in [0.2, 0.25) is 0 Å². The molecule has 2 aromatic rings. The van der Waals surface area contributed by atoms with Gasteiger partial charge < -0.3 is 0 Å². The lowest BCUT2D eigenvalue weighted by Gasteiger charge is -2.04. The molecule has 0 unspecified atom stereocenters. The van der Waals surface area contributed by atoms with Gasteiger partial charge in [0.05, 0.1) is 0 Å². The van der Waals surface area contributed by atoms with E-state index in [1.807, 2.05) is 30.3 Å². The minimum Gasteiger partial charge on any atom is -0.294 e. The molecule has 0 aliphatic carbocycles. The van der Waals surface area contributed by atoms with Crippen molar-refractivity contribution in [3.8, 4) is 0 Å². The Kier molecular flexibility index (Phi) is 4.24. The second-order valence-corrected chi connectivity index (χ2v) is 4.41. The van der Waals surface area contributed by atoms with Crippen LogP contribution in [0.25, 0.3) is 0 Å². The zero-order valence-electron chi connectivity index (χ0n) is 10.6. The molecule has 0 aliphatic rings. The number of hydrogen-bond donors (Lipinski definition) is 0. The molecule has 0 bridgehead atoms. The van der Waals surface area contributed by atoms with Gasteiger partial charge in [-0.3, -0.25) is 9.78 Å². The van der Waals surface area contributed by atoms with Gasteiger partial charge in [-0.05, 0) is 29.7 Å². The van der Waals surface area contributed by atoms with E-state index in [1.54, 1.807) is 12.4 Å². The Morgan fingerprint density at radius 3 is 2.72 bits per heavy atom. The summed E-state index contributed by atoms with van der Waals surface area (Å²) in [6.45, 7) is 2.14. The van der Waals surface area contributed by atoms with Gasteiger partial charge in [0.2, 0.25) is 0 Å². The fourth-order valence-corrected chi connectivity index (χ4v) is 1.98. The standard InChI is InChI=1S/C16H17NO/c1-2-5-13-6-3-8-15(10-13)16(18)11-14-7-4-9-17-12-14/h3-4,6-10,12H,2,5,11H2,1H3.